The molecule has 0 saturated carbocycles. The fraction of sp³-hybridized carbons (Fsp3) is 0.286. The quantitative estimate of drug-likeness (QED) is 0.897. The first-order valence-electron chi connectivity index (χ1n) is 6.24. The highest BCUT2D eigenvalue weighted by Gasteiger charge is 2.22. The predicted molar refractivity (Wildman–Crippen MR) is 70.1 cm³/mol. The van der Waals surface area contributed by atoms with Gasteiger partial charge in [0.05, 0.1) is 18.3 Å². The molecule has 3 rings (SSSR count). The minimum Gasteiger partial charge on any atom is -0.488 e. The molecule has 1 aliphatic heterocycles. The van der Waals surface area contributed by atoms with Gasteiger partial charge in [-0.25, -0.2) is 0 Å². The van der Waals surface area contributed by atoms with Crippen LogP contribution in [-0.2, 0) is 13.5 Å². The van der Waals surface area contributed by atoms with Gasteiger partial charge in [-0.05, 0) is 11.6 Å². The maximum absolute atomic E-state index is 11.9. The molecule has 1 aliphatic rings. The molecule has 0 fully saturated rings. The van der Waals surface area contributed by atoms with Crippen molar-refractivity contribution in [1.29, 1.82) is 0 Å². The molecular weight excluding hydrogens is 242 g/mol. The van der Waals surface area contributed by atoms with E-state index in [1.165, 1.54) is 5.56 Å². The molecule has 0 aliphatic carbocycles. The van der Waals surface area contributed by atoms with E-state index in [2.05, 4.69) is 16.5 Å². The molecule has 0 spiro atoms. The molecule has 2 aromatic rings. The van der Waals surface area contributed by atoms with Crippen LogP contribution in [0.15, 0.2) is 36.7 Å². The summed E-state index contributed by atoms with van der Waals surface area (Å²) in [6.07, 6.45) is 4.10. The van der Waals surface area contributed by atoms with E-state index in [0.29, 0.717) is 12.1 Å². The van der Waals surface area contributed by atoms with E-state index in [9.17, 15) is 4.79 Å². The number of benzene rings is 1. The molecule has 1 aromatic carbocycles. The van der Waals surface area contributed by atoms with Gasteiger partial charge < -0.3 is 10.1 Å². The number of hydrogen-bond acceptors (Lipinski definition) is 3. The van der Waals surface area contributed by atoms with E-state index in [1.54, 1.807) is 24.1 Å². The number of nitrogens with zero attached hydrogens (tertiary/aromatic N) is 2. The summed E-state index contributed by atoms with van der Waals surface area (Å²) in [5, 5.41) is 6.85. The van der Waals surface area contributed by atoms with Gasteiger partial charge in [0.25, 0.3) is 5.91 Å². The van der Waals surface area contributed by atoms with Gasteiger partial charge in [0.2, 0.25) is 0 Å². The summed E-state index contributed by atoms with van der Waals surface area (Å²) in [4.78, 5) is 11.9. The number of ether oxygens (including phenoxy) is 1. The highest BCUT2D eigenvalue weighted by atomic mass is 16.5. The second-order valence-electron chi connectivity index (χ2n) is 4.66. The van der Waals surface area contributed by atoms with Crippen molar-refractivity contribution in [2.45, 2.75) is 12.5 Å². The normalized spacial score (nSPS) is 16.8. The Morgan fingerprint density at radius 3 is 3.11 bits per heavy atom. The van der Waals surface area contributed by atoms with Crippen LogP contribution in [0, 0.1) is 0 Å². The van der Waals surface area contributed by atoms with Crippen molar-refractivity contribution in [3.05, 3.63) is 47.8 Å². The summed E-state index contributed by atoms with van der Waals surface area (Å²) in [6, 6.07) is 7.96. The number of hydrogen-bond donors (Lipinski definition) is 1. The third-order valence-electron chi connectivity index (χ3n) is 3.17. The Hall–Kier alpha value is -2.30. The number of rotatable bonds is 3. The molecule has 1 amide bonds. The summed E-state index contributed by atoms with van der Waals surface area (Å²) in [7, 11) is 1.79. The van der Waals surface area contributed by atoms with Crippen molar-refractivity contribution >= 4 is 5.91 Å². The molecule has 1 atom stereocenters. The Labute approximate surface area is 111 Å². The summed E-state index contributed by atoms with van der Waals surface area (Å²) in [5.74, 6) is 0.802. The smallest absolute Gasteiger partial charge is 0.254 e. The van der Waals surface area contributed by atoms with E-state index in [4.69, 9.17) is 4.74 Å². The molecule has 0 saturated heterocycles. The lowest BCUT2D eigenvalue weighted by molar-refractivity contribution is 0.0933. The Kier molecular flexibility index (Phi) is 2.95. The Balaban J connectivity index is 1.56. The molecule has 1 aromatic heterocycles. The van der Waals surface area contributed by atoms with Crippen LogP contribution >= 0.6 is 0 Å². The lowest BCUT2D eigenvalue weighted by Crippen LogP contribution is -2.34. The lowest BCUT2D eigenvalue weighted by atomic mass is 10.1. The largest absolute Gasteiger partial charge is 0.488 e. The average Bonchev–Trinajstić information content (AvgIpc) is 3.01. The maximum atomic E-state index is 11.9. The zero-order valence-electron chi connectivity index (χ0n) is 10.7. The topological polar surface area (TPSA) is 56.2 Å². The maximum Gasteiger partial charge on any atom is 0.254 e. The minimum absolute atomic E-state index is 0.0121. The van der Waals surface area contributed by atoms with E-state index in [0.717, 1.165) is 12.2 Å². The summed E-state index contributed by atoms with van der Waals surface area (Å²) < 4.78 is 7.37. The zero-order valence-corrected chi connectivity index (χ0v) is 10.7. The van der Waals surface area contributed by atoms with Gasteiger partial charge in [0, 0.05) is 19.7 Å². The first kappa shape index (κ1) is 11.8. The molecule has 1 unspecified atom stereocenters. The highest BCUT2D eigenvalue weighted by molar-refractivity contribution is 5.93. The fourth-order valence-electron chi connectivity index (χ4n) is 2.21. The van der Waals surface area contributed by atoms with Gasteiger partial charge in [-0.15, -0.1) is 0 Å². The van der Waals surface area contributed by atoms with E-state index >= 15 is 0 Å². The van der Waals surface area contributed by atoms with Gasteiger partial charge >= 0.3 is 0 Å². The minimum atomic E-state index is -0.118. The van der Waals surface area contributed by atoms with Gasteiger partial charge in [-0.3, -0.25) is 9.48 Å². The van der Waals surface area contributed by atoms with Crippen molar-refractivity contribution in [3.63, 3.8) is 0 Å². The van der Waals surface area contributed by atoms with Crippen molar-refractivity contribution in [3.8, 4) is 5.75 Å². The molecular formula is C14H15N3O2. The second-order valence-corrected chi connectivity index (χ2v) is 4.66. The van der Waals surface area contributed by atoms with E-state index < -0.39 is 0 Å². The van der Waals surface area contributed by atoms with Crippen LogP contribution in [0.3, 0.4) is 0 Å². The van der Waals surface area contributed by atoms with Crippen molar-refractivity contribution in [1.82, 2.24) is 15.1 Å². The van der Waals surface area contributed by atoms with Crippen molar-refractivity contribution < 1.29 is 9.53 Å². The SMILES string of the molecule is Cn1cc(C(=O)NCC2Cc3ccccc3O2)cn1. The first-order chi connectivity index (χ1) is 9.22. The van der Waals surface area contributed by atoms with E-state index in [1.807, 2.05) is 18.2 Å². The van der Waals surface area contributed by atoms with Crippen molar-refractivity contribution in [2.75, 3.05) is 6.54 Å². The number of carbonyl (C=O) groups excluding carboxylic acids is 1. The molecule has 0 radical (unpaired) electrons. The summed E-state index contributed by atoms with van der Waals surface area (Å²) in [5.41, 5.74) is 1.76. The molecule has 0 bridgehead atoms. The number of fused-ring (bicyclic) bond motifs is 1. The summed E-state index contributed by atoms with van der Waals surface area (Å²) >= 11 is 0. The third-order valence-corrected chi connectivity index (χ3v) is 3.17. The standard InChI is InChI=1S/C14H15N3O2/c1-17-9-11(7-16-17)14(18)15-8-12-6-10-4-2-3-5-13(10)19-12/h2-5,7,9,12H,6,8H2,1H3,(H,15,18). The Morgan fingerprint density at radius 1 is 1.53 bits per heavy atom. The Morgan fingerprint density at radius 2 is 2.37 bits per heavy atom. The lowest BCUT2D eigenvalue weighted by Gasteiger charge is -2.11. The van der Waals surface area contributed by atoms with Gasteiger partial charge in [-0.1, -0.05) is 18.2 Å². The fourth-order valence-corrected chi connectivity index (χ4v) is 2.21. The van der Waals surface area contributed by atoms with Gasteiger partial charge in [0.1, 0.15) is 11.9 Å². The van der Waals surface area contributed by atoms with Crippen LogP contribution in [0.5, 0.6) is 5.75 Å². The number of aryl methyl sites for hydroxylation is 1. The number of nitrogens with one attached hydrogen (secondary N) is 1. The number of aromatic nitrogens is 2. The van der Waals surface area contributed by atoms with E-state index in [-0.39, 0.29) is 12.0 Å². The molecule has 5 nitrogen and oxygen atoms in total. The average molecular weight is 257 g/mol. The van der Waals surface area contributed by atoms with Gasteiger partial charge in [0.15, 0.2) is 0 Å². The number of amides is 1. The zero-order chi connectivity index (χ0) is 13.2. The van der Waals surface area contributed by atoms with Gasteiger partial charge in [-0.2, -0.15) is 5.10 Å². The highest BCUT2D eigenvalue weighted by Crippen LogP contribution is 2.27. The first-order valence-corrected chi connectivity index (χ1v) is 6.24. The number of para-hydroxylation sites is 1. The van der Waals surface area contributed by atoms with Crippen LogP contribution in [0.1, 0.15) is 15.9 Å². The molecule has 98 valence electrons. The van der Waals surface area contributed by atoms with Crippen LogP contribution in [-0.4, -0.2) is 28.3 Å². The van der Waals surface area contributed by atoms with Crippen LogP contribution < -0.4 is 10.1 Å². The predicted octanol–water partition coefficient (Wildman–Crippen LogP) is 1.15. The third kappa shape index (κ3) is 2.45. The monoisotopic (exact) mass is 257 g/mol. The Bertz CT molecular complexity index is 581. The van der Waals surface area contributed by atoms with Crippen molar-refractivity contribution in [2.24, 2.45) is 7.05 Å². The molecule has 2 heterocycles. The molecule has 19 heavy (non-hydrogen) atoms. The van der Waals surface area contributed by atoms with Crippen LogP contribution in [0.4, 0.5) is 0 Å². The summed E-state index contributed by atoms with van der Waals surface area (Å²) in [6.45, 7) is 0.502. The van der Waals surface area contributed by atoms with Crippen LogP contribution in [0.2, 0.25) is 0 Å². The molecule has 1 N–H and O–H groups in total. The molecule has 5 heteroatoms. The number of carbonyl (C=O) groups is 1. The second kappa shape index (κ2) is 4.76. The van der Waals surface area contributed by atoms with Crippen LogP contribution in [0.25, 0.3) is 0 Å².